The minimum Gasteiger partial charge on any atom is -0.351 e. The fourth-order valence-corrected chi connectivity index (χ4v) is 3.35. The molecule has 0 heterocycles. The Labute approximate surface area is 169 Å². The molecule has 0 bridgehead atoms. The first kappa shape index (κ1) is 23.2. The number of carbonyl (C=O) groups excluding carboxylic acids is 1. The summed E-state index contributed by atoms with van der Waals surface area (Å²) >= 11 is 6.03. The molecule has 0 aliphatic rings. The van der Waals surface area contributed by atoms with Gasteiger partial charge in [-0.1, -0.05) is 11.6 Å². The Morgan fingerprint density at radius 2 is 1.78 bits per heavy atom. The second-order valence-corrected chi connectivity index (χ2v) is 7.90. The van der Waals surface area contributed by atoms with Crippen LogP contribution in [0.2, 0.25) is 5.02 Å². The Bertz CT molecular complexity index is 891. The van der Waals surface area contributed by atoms with Crippen molar-refractivity contribution in [2.24, 2.45) is 0 Å². The van der Waals surface area contributed by atoms with Crippen molar-refractivity contribution in [1.82, 2.24) is 10.2 Å². The van der Waals surface area contributed by atoms with Crippen molar-refractivity contribution >= 4 is 45.6 Å². The van der Waals surface area contributed by atoms with Gasteiger partial charge < -0.3 is 10.2 Å². The highest BCUT2D eigenvalue weighted by molar-refractivity contribution is 7.92. The molecule has 0 spiro atoms. The average Bonchev–Trinajstić information content (AvgIpc) is 2.56. The normalized spacial score (nSPS) is 11.0. The fraction of sp³-hybridized carbons (Fsp3) is 0.235. The maximum atomic E-state index is 12.9. The van der Waals surface area contributed by atoms with E-state index in [-0.39, 0.29) is 33.6 Å². The minimum absolute atomic E-state index is 0. The van der Waals surface area contributed by atoms with E-state index < -0.39 is 21.7 Å². The molecule has 6 nitrogen and oxygen atoms in total. The molecule has 27 heavy (non-hydrogen) atoms. The highest BCUT2D eigenvalue weighted by atomic mass is 35.5. The number of amides is 1. The van der Waals surface area contributed by atoms with Crippen LogP contribution in [0.15, 0.2) is 47.4 Å². The second-order valence-electron chi connectivity index (χ2n) is 5.81. The first-order chi connectivity index (χ1) is 12.2. The third-order valence-corrected chi connectivity index (χ3v) is 5.14. The van der Waals surface area contributed by atoms with Crippen LogP contribution in [0, 0.1) is 5.82 Å². The molecule has 148 valence electrons. The molecule has 0 saturated carbocycles. The maximum Gasteiger partial charge on any atom is 0.261 e. The number of nitrogens with zero attached hydrogens (tertiary/aromatic N) is 1. The number of likely N-dealkylation sites (N-methyl/N-ethyl adjacent to an activating group) is 1. The number of benzene rings is 2. The summed E-state index contributed by atoms with van der Waals surface area (Å²) in [6.45, 7) is 1.03. The van der Waals surface area contributed by atoms with Crippen molar-refractivity contribution in [3.05, 3.63) is 58.9 Å². The second kappa shape index (κ2) is 9.89. The number of nitrogens with one attached hydrogen (secondary N) is 2. The average molecular weight is 436 g/mol. The van der Waals surface area contributed by atoms with Crippen LogP contribution >= 0.6 is 24.0 Å². The minimum atomic E-state index is -3.95. The first-order valence-corrected chi connectivity index (χ1v) is 9.56. The van der Waals surface area contributed by atoms with Gasteiger partial charge in [0.1, 0.15) is 5.82 Å². The van der Waals surface area contributed by atoms with Gasteiger partial charge in [0.25, 0.3) is 15.9 Å². The highest BCUT2D eigenvalue weighted by Crippen LogP contribution is 2.22. The monoisotopic (exact) mass is 435 g/mol. The summed E-state index contributed by atoms with van der Waals surface area (Å²) in [6.07, 6.45) is 0. The van der Waals surface area contributed by atoms with Crippen LogP contribution in [-0.2, 0) is 10.0 Å². The first-order valence-electron chi connectivity index (χ1n) is 7.70. The summed E-state index contributed by atoms with van der Waals surface area (Å²) in [5.41, 5.74) is 0.269. The number of hydrogen-bond donors (Lipinski definition) is 2. The quantitative estimate of drug-likeness (QED) is 0.700. The molecule has 10 heteroatoms. The van der Waals surface area contributed by atoms with Gasteiger partial charge in [0.2, 0.25) is 0 Å². The third kappa shape index (κ3) is 6.66. The summed E-state index contributed by atoms with van der Waals surface area (Å²) in [5.74, 6) is -0.938. The highest BCUT2D eigenvalue weighted by Gasteiger charge is 2.19. The summed E-state index contributed by atoms with van der Waals surface area (Å²) in [4.78, 5) is 14.0. The largest absolute Gasteiger partial charge is 0.351 e. The van der Waals surface area contributed by atoms with Crippen molar-refractivity contribution in [1.29, 1.82) is 0 Å². The lowest BCUT2D eigenvalue weighted by Gasteiger charge is -2.12. The van der Waals surface area contributed by atoms with Crippen molar-refractivity contribution < 1.29 is 17.6 Å². The van der Waals surface area contributed by atoms with Crippen molar-refractivity contribution in [2.75, 3.05) is 31.9 Å². The zero-order valence-electron chi connectivity index (χ0n) is 14.7. The Kier molecular flexibility index (Phi) is 8.49. The van der Waals surface area contributed by atoms with E-state index in [9.17, 15) is 17.6 Å². The van der Waals surface area contributed by atoms with Gasteiger partial charge in [0.05, 0.1) is 15.5 Å². The van der Waals surface area contributed by atoms with Crippen LogP contribution in [-0.4, -0.2) is 46.4 Å². The van der Waals surface area contributed by atoms with Gasteiger partial charge in [0, 0.05) is 18.8 Å². The lowest BCUT2D eigenvalue weighted by molar-refractivity contribution is 0.0951. The molecule has 2 aromatic carbocycles. The topological polar surface area (TPSA) is 78.5 Å². The molecule has 0 unspecified atom stereocenters. The molecule has 2 rings (SSSR count). The van der Waals surface area contributed by atoms with E-state index in [1.54, 1.807) is 0 Å². The Balaban J connectivity index is 0.00000364. The number of carbonyl (C=O) groups is 1. The molecular formula is C17H20Cl2FN3O3S. The van der Waals surface area contributed by atoms with Gasteiger partial charge in [-0.3, -0.25) is 9.52 Å². The molecule has 0 atom stereocenters. The summed E-state index contributed by atoms with van der Waals surface area (Å²) in [5, 5.41) is 2.83. The molecule has 1 amide bonds. The fourth-order valence-electron chi connectivity index (χ4n) is 2.07. The maximum absolute atomic E-state index is 12.9. The van der Waals surface area contributed by atoms with Crippen LogP contribution in [0.3, 0.4) is 0 Å². The van der Waals surface area contributed by atoms with E-state index in [4.69, 9.17) is 11.6 Å². The SMILES string of the molecule is CN(C)CCNC(=O)c1cc(S(=O)(=O)Nc2ccc(F)cc2)ccc1Cl.Cl. The smallest absolute Gasteiger partial charge is 0.261 e. The Morgan fingerprint density at radius 1 is 1.15 bits per heavy atom. The molecular weight excluding hydrogens is 416 g/mol. The zero-order valence-corrected chi connectivity index (χ0v) is 17.1. The molecule has 0 radical (unpaired) electrons. The molecule has 0 fully saturated rings. The van der Waals surface area contributed by atoms with E-state index in [1.807, 2.05) is 19.0 Å². The number of hydrogen-bond acceptors (Lipinski definition) is 4. The predicted molar refractivity (Wildman–Crippen MR) is 107 cm³/mol. The van der Waals surface area contributed by atoms with Gasteiger partial charge >= 0.3 is 0 Å². The summed E-state index contributed by atoms with van der Waals surface area (Å²) in [6, 6.07) is 8.74. The Hall–Kier alpha value is -1.87. The molecule has 0 saturated heterocycles. The van der Waals surface area contributed by atoms with Gasteiger partial charge in [0.15, 0.2) is 0 Å². The zero-order chi connectivity index (χ0) is 19.3. The van der Waals surface area contributed by atoms with Gasteiger partial charge in [-0.05, 0) is 56.6 Å². The van der Waals surface area contributed by atoms with Crippen LogP contribution in [0.1, 0.15) is 10.4 Å². The van der Waals surface area contributed by atoms with Gasteiger partial charge in [-0.15, -0.1) is 12.4 Å². The molecule has 0 aromatic heterocycles. The summed E-state index contributed by atoms with van der Waals surface area (Å²) < 4.78 is 40.2. The number of anilines is 1. The van der Waals surface area contributed by atoms with Crippen LogP contribution < -0.4 is 10.0 Å². The Morgan fingerprint density at radius 3 is 2.37 bits per heavy atom. The molecule has 2 aromatic rings. The number of rotatable bonds is 7. The van der Waals surface area contributed by atoms with Gasteiger partial charge in [-0.25, -0.2) is 12.8 Å². The number of halogens is 3. The third-order valence-electron chi connectivity index (χ3n) is 3.43. The van der Waals surface area contributed by atoms with Crippen molar-refractivity contribution in [3.8, 4) is 0 Å². The van der Waals surface area contributed by atoms with E-state index in [2.05, 4.69) is 10.0 Å². The van der Waals surface area contributed by atoms with Crippen molar-refractivity contribution in [2.45, 2.75) is 4.90 Å². The lowest BCUT2D eigenvalue weighted by atomic mass is 10.2. The molecule has 2 N–H and O–H groups in total. The van der Waals surface area contributed by atoms with Gasteiger partial charge in [-0.2, -0.15) is 0 Å². The molecule has 0 aliphatic carbocycles. The lowest BCUT2D eigenvalue weighted by Crippen LogP contribution is -2.31. The van der Waals surface area contributed by atoms with Crippen LogP contribution in [0.4, 0.5) is 10.1 Å². The van der Waals surface area contributed by atoms with E-state index in [0.29, 0.717) is 13.1 Å². The van der Waals surface area contributed by atoms with Crippen LogP contribution in [0.25, 0.3) is 0 Å². The molecule has 0 aliphatic heterocycles. The standard InChI is InChI=1S/C17H19ClFN3O3S.ClH/c1-22(2)10-9-20-17(23)15-11-14(7-8-16(15)18)26(24,25)21-13-5-3-12(19)4-6-13;/h3-8,11,21H,9-10H2,1-2H3,(H,20,23);1H. The van der Waals surface area contributed by atoms with E-state index >= 15 is 0 Å². The van der Waals surface area contributed by atoms with E-state index in [1.165, 1.54) is 30.3 Å². The van der Waals surface area contributed by atoms with Crippen molar-refractivity contribution in [3.63, 3.8) is 0 Å². The predicted octanol–water partition coefficient (Wildman–Crippen LogP) is 2.99. The van der Waals surface area contributed by atoms with E-state index in [0.717, 1.165) is 12.1 Å². The number of sulfonamides is 1. The summed E-state index contributed by atoms with van der Waals surface area (Å²) in [7, 11) is -0.215. The van der Waals surface area contributed by atoms with Crippen LogP contribution in [0.5, 0.6) is 0 Å².